The van der Waals surface area contributed by atoms with Gasteiger partial charge in [0.2, 0.25) is 5.56 Å². The van der Waals surface area contributed by atoms with Crippen LogP contribution in [0.3, 0.4) is 0 Å². The van der Waals surface area contributed by atoms with Crippen LogP contribution in [0.5, 0.6) is 11.5 Å². The molecule has 0 amide bonds. The van der Waals surface area contributed by atoms with Gasteiger partial charge in [-0.15, -0.1) is 30.0 Å². The van der Waals surface area contributed by atoms with Gasteiger partial charge in [0, 0.05) is 43.4 Å². The second-order valence-electron chi connectivity index (χ2n) is 11.3. The number of alkyl halides is 3. The van der Waals surface area contributed by atoms with Gasteiger partial charge < -0.3 is 25.0 Å². The average molecular weight is 644 g/mol. The number of thiophene rings is 1. The fourth-order valence-corrected chi connectivity index (χ4v) is 7.08. The molecule has 2 aromatic heterocycles. The lowest BCUT2D eigenvalue weighted by molar-refractivity contribution is -0.274. The number of anilines is 2. The Labute approximate surface area is 260 Å². The highest BCUT2D eigenvalue weighted by Gasteiger charge is 2.37. The average Bonchev–Trinajstić information content (AvgIpc) is 3.56. The summed E-state index contributed by atoms with van der Waals surface area (Å²) >= 11 is 1.56. The maximum Gasteiger partial charge on any atom is 0.573 e. The van der Waals surface area contributed by atoms with Crippen LogP contribution >= 0.6 is 11.3 Å². The third kappa shape index (κ3) is 6.30. The molecular formula is C31H32F3N5O5S. The molecule has 0 unspecified atom stereocenters. The summed E-state index contributed by atoms with van der Waals surface area (Å²) in [6, 6.07) is 10.2. The van der Waals surface area contributed by atoms with Gasteiger partial charge in [-0.3, -0.25) is 19.5 Å². The minimum Gasteiger partial charge on any atom is -0.487 e. The molecule has 0 saturated heterocycles. The number of fused-ring (bicyclic) bond motifs is 3. The molecule has 2 aromatic carbocycles. The Morgan fingerprint density at radius 2 is 2.04 bits per heavy atom. The predicted octanol–water partition coefficient (Wildman–Crippen LogP) is 5.86. The fourth-order valence-electron chi connectivity index (χ4n) is 6.19. The number of halogens is 3. The number of carboxylic acids is 1. The number of rotatable bonds is 8. The van der Waals surface area contributed by atoms with Crippen LogP contribution in [-0.4, -0.2) is 47.0 Å². The van der Waals surface area contributed by atoms with E-state index in [2.05, 4.69) is 25.6 Å². The molecule has 4 N–H and O–H groups in total. The molecule has 45 heavy (non-hydrogen) atoms. The first-order chi connectivity index (χ1) is 21.4. The van der Waals surface area contributed by atoms with Crippen molar-refractivity contribution in [2.75, 3.05) is 24.0 Å². The number of benzene rings is 2. The number of nitrogens with zero attached hydrogens (tertiary/aromatic N) is 2. The van der Waals surface area contributed by atoms with Crippen molar-refractivity contribution in [2.45, 2.75) is 58.2 Å². The molecule has 6 rings (SSSR count). The Balaban J connectivity index is 1.44. The van der Waals surface area contributed by atoms with Crippen LogP contribution in [0.1, 0.15) is 53.6 Å². The number of aromatic amines is 1. The van der Waals surface area contributed by atoms with E-state index in [0.717, 1.165) is 22.1 Å². The van der Waals surface area contributed by atoms with E-state index >= 15 is 0 Å². The molecule has 14 heteroatoms. The molecule has 10 nitrogen and oxygen atoms in total. The van der Waals surface area contributed by atoms with Crippen LogP contribution in [0.2, 0.25) is 0 Å². The minimum atomic E-state index is -4.95. The number of aromatic nitrogens is 1. The molecule has 0 fully saturated rings. The molecule has 2 aliphatic heterocycles. The zero-order chi connectivity index (χ0) is 32.0. The Kier molecular flexibility index (Phi) is 8.14. The van der Waals surface area contributed by atoms with Crippen LogP contribution in [0.25, 0.3) is 10.1 Å². The molecule has 2 atom stereocenters. The van der Waals surface area contributed by atoms with E-state index in [1.807, 2.05) is 30.5 Å². The number of hydrogen-bond acceptors (Lipinski definition) is 9. The molecular weight excluding hydrogens is 611 g/mol. The van der Waals surface area contributed by atoms with Crippen LogP contribution in [0, 0.1) is 6.92 Å². The summed E-state index contributed by atoms with van der Waals surface area (Å²) in [5.41, 5.74) is 9.29. The van der Waals surface area contributed by atoms with Crippen molar-refractivity contribution < 1.29 is 32.5 Å². The Morgan fingerprint density at radius 1 is 1.24 bits per heavy atom. The quantitative estimate of drug-likeness (QED) is 0.187. The lowest BCUT2D eigenvalue weighted by Gasteiger charge is -2.26. The molecule has 0 spiro atoms. The van der Waals surface area contributed by atoms with Crippen LogP contribution in [-0.2, 0) is 17.9 Å². The van der Waals surface area contributed by atoms with Crippen molar-refractivity contribution in [1.29, 1.82) is 0 Å². The maximum atomic E-state index is 13.5. The molecule has 2 aliphatic rings. The number of carbonyl (C=O) groups is 1. The summed E-state index contributed by atoms with van der Waals surface area (Å²) in [6.45, 7) is 5.29. The van der Waals surface area contributed by atoms with Gasteiger partial charge in [-0.2, -0.15) is 0 Å². The molecule has 0 radical (unpaired) electrons. The maximum absolute atomic E-state index is 13.5. The molecule has 4 heterocycles. The zero-order valence-corrected chi connectivity index (χ0v) is 25.6. The number of pyridine rings is 1. The van der Waals surface area contributed by atoms with E-state index < -0.39 is 24.0 Å². The van der Waals surface area contributed by atoms with Gasteiger partial charge in [0.15, 0.2) is 5.75 Å². The van der Waals surface area contributed by atoms with Crippen molar-refractivity contribution in [2.24, 2.45) is 0 Å². The lowest BCUT2D eigenvalue weighted by Crippen LogP contribution is -2.32. The Bertz CT molecular complexity index is 1820. The van der Waals surface area contributed by atoms with Crippen molar-refractivity contribution in [1.82, 2.24) is 15.4 Å². The zero-order valence-electron chi connectivity index (χ0n) is 24.7. The molecule has 4 aromatic rings. The highest BCUT2D eigenvalue weighted by molar-refractivity contribution is 7.17. The van der Waals surface area contributed by atoms with E-state index in [0.29, 0.717) is 53.5 Å². The largest absolute Gasteiger partial charge is 0.573 e. The summed E-state index contributed by atoms with van der Waals surface area (Å²) in [4.78, 5) is 29.4. The van der Waals surface area contributed by atoms with Crippen molar-refractivity contribution in [3.63, 3.8) is 0 Å². The highest BCUT2D eigenvalue weighted by Crippen LogP contribution is 2.47. The van der Waals surface area contributed by atoms with Crippen LogP contribution < -0.4 is 31.0 Å². The summed E-state index contributed by atoms with van der Waals surface area (Å²) in [5.74, 6) is -1.68. The summed E-state index contributed by atoms with van der Waals surface area (Å²) in [7, 11) is 1.55. The number of ether oxygens (including phenoxy) is 2. The first-order valence-corrected chi connectivity index (χ1v) is 15.3. The monoisotopic (exact) mass is 643 g/mol. The first-order valence-electron chi connectivity index (χ1n) is 14.4. The van der Waals surface area contributed by atoms with Gasteiger partial charge in [0.1, 0.15) is 17.5 Å². The fraction of sp³-hybridized carbons (Fsp3) is 0.355. The van der Waals surface area contributed by atoms with E-state index in [1.165, 1.54) is 17.1 Å². The van der Waals surface area contributed by atoms with E-state index in [4.69, 9.17) is 4.74 Å². The SMILES string of the molecule is CC[C@@H]1CN(Cc2cc([C@H](CC(=O)O)c3cc(OC(F)(F)F)c4c(c3C)NNN4C)cc3ccsc23)Cc2[nH]c(=O)ccc2O1. The van der Waals surface area contributed by atoms with Crippen LogP contribution in [0.15, 0.2) is 46.6 Å². The molecule has 0 bridgehead atoms. The third-order valence-corrected chi connectivity index (χ3v) is 9.23. The highest BCUT2D eigenvalue weighted by atomic mass is 32.1. The normalized spacial score (nSPS) is 17.3. The van der Waals surface area contributed by atoms with Gasteiger partial charge >= 0.3 is 12.3 Å². The summed E-state index contributed by atoms with van der Waals surface area (Å²) < 4.78 is 52.2. The number of nitrogens with one attached hydrogen (secondary N) is 3. The second kappa shape index (κ2) is 11.9. The van der Waals surface area contributed by atoms with E-state index in [9.17, 15) is 27.9 Å². The number of hydrazine groups is 2. The van der Waals surface area contributed by atoms with Crippen molar-refractivity contribution in [3.05, 3.63) is 80.1 Å². The van der Waals surface area contributed by atoms with Gasteiger partial charge in [-0.1, -0.05) is 13.0 Å². The standard InChI is InChI=1S/C31H32F3N5O5S/c1-4-20-14-39(15-23-24(43-20)5-6-26(40)35-23)13-19-10-18(9-17-7-8-45-30(17)19)22(12-27(41)42)21-11-25(44-31(32,33)34)29-28(16(21)2)36-37-38(29)3/h5-11,20,22,36-37H,4,12-15H2,1-3H3,(H,35,40)(H,41,42)/t20-,22+/m1/s1. The lowest BCUT2D eigenvalue weighted by atomic mass is 9.84. The Morgan fingerprint density at radius 3 is 2.78 bits per heavy atom. The second-order valence-corrected chi connectivity index (χ2v) is 12.2. The number of H-pyrrole nitrogens is 1. The number of aliphatic carboxylic acids is 1. The molecule has 0 saturated carbocycles. The van der Waals surface area contributed by atoms with Crippen LogP contribution in [0.4, 0.5) is 24.5 Å². The van der Waals surface area contributed by atoms with Gasteiger partial charge in [-0.05, 0) is 70.6 Å². The van der Waals surface area contributed by atoms with Gasteiger partial charge in [0.05, 0.1) is 17.8 Å². The van der Waals surface area contributed by atoms with E-state index in [1.54, 1.807) is 31.4 Å². The first kappa shape index (κ1) is 30.7. The minimum absolute atomic E-state index is 0.112. The predicted molar refractivity (Wildman–Crippen MR) is 165 cm³/mol. The molecule has 0 aliphatic carbocycles. The smallest absolute Gasteiger partial charge is 0.487 e. The van der Waals surface area contributed by atoms with Gasteiger partial charge in [-0.25, -0.2) is 0 Å². The van der Waals surface area contributed by atoms with Crippen molar-refractivity contribution in [3.8, 4) is 11.5 Å². The number of carboxylic acid groups (broad SMARTS) is 1. The topological polar surface area (TPSA) is 119 Å². The van der Waals surface area contributed by atoms with Crippen molar-refractivity contribution >= 4 is 38.8 Å². The Hall–Kier alpha value is -4.27. The van der Waals surface area contributed by atoms with Gasteiger partial charge in [0.25, 0.3) is 0 Å². The third-order valence-electron chi connectivity index (χ3n) is 8.23. The number of hydrogen-bond donors (Lipinski definition) is 4. The summed E-state index contributed by atoms with van der Waals surface area (Å²) in [6.07, 6.45) is -4.67. The van der Waals surface area contributed by atoms with E-state index in [-0.39, 0.29) is 23.8 Å². The summed E-state index contributed by atoms with van der Waals surface area (Å²) in [5, 5.41) is 14.2. The molecule has 238 valence electrons.